The second-order valence-electron chi connectivity index (χ2n) is 5.99. The normalized spacial score (nSPS) is 15.5. The van der Waals surface area contributed by atoms with Crippen molar-refractivity contribution < 1.29 is 18.8 Å². The second kappa shape index (κ2) is 7.40. The number of rotatable bonds is 5. The van der Waals surface area contributed by atoms with Crippen LogP contribution in [-0.4, -0.2) is 39.7 Å². The van der Waals surface area contributed by atoms with Gasteiger partial charge < -0.3 is 19.3 Å². The van der Waals surface area contributed by atoms with Crippen LogP contribution in [0.2, 0.25) is 0 Å². The number of hydrogen-bond acceptors (Lipinski definition) is 8. The summed E-state index contributed by atoms with van der Waals surface area (Å²) in [6, 6.07) is 7.28. The van der Waals surface area contributed by atoms with E-state index in [1.165, 1.54) is 0 Å². The van der Waals surface area contributed by atoms with E-state index in [0.717, 1.165) is 17.1 Å². The first kappa shape index (κ1) is 17.0. The third-order valence-corrected chi connectivity index (χ3v) is 4.19. The van der Waals surface area contributed by atoms with E-state index in [4.69, 9.17) is 14.0 Å². The van der Waals surface area contributed by atoms with Crippen molar-refractivity contribution in [2.75, 3.05) is 13.7 Å². The first-order valence-electron chi connectivity index (χ1n) is 8.40. The maximum Gasteiger partial charge on any atom is 0.246 e. The summed E-state index contributed by atoms with van der Waals surface area (Å²) in [5.74, 6) is 2.00. The number of carbonyl (C=O) groups is 1. The lowest BCUT2D eigenvalue weighted by molar-refractivity contribution is -0.126. The summed E-state index contributed by atoms with van der Waals surface area (Å²) in [7, 11) is 1.61. The highest BCUT2D eigenvalue weighted by Gasteiger charge is 2.26. The summed E-state index contributed by atoms with van der Waals surface area (Å²) < 4.78 is 16.1. The van der Waals surface area contributed by atoms with Gasteiger partial charge in [-0.1, -0.05) is 5.16 Å². The van der Waals surface area contributed by atoms with Crippen LogP contribution in [0.5, 0.6) is 11.5 Å². The van der Waals surface area contributed by atoms with Gasteiger partial charge in [0.1, 0.15) is 18.1 Å². The molecule has 1 N–H and O–H groups in total. The molecule has 1 atom stereocenters. The van der Waals surface area contributed by atoms with Crippen LogP contribution in [0.1, 0.15) is 11.5 Å². The molecular weight excluding hydrogens is 350 g/mol. The summed E-state index contributed by atoms with van der Waals surface area (Å²) in [4.78, 5) is 24.8. The van der Waals surface area contributed by atoms with Crippen LogP contribution in [0.4, 0.5) is 0 Å². The number of hydrogen-bond donors (Lipinski definition) is 1. The maximum absolute atomic E-state index is 12.5. The van der Waals surface area contributed by atoms with Crippen LogP contribution in [0.3, 0.4) is 0 Å². The number of benzene rings is 1. The molecule has 1 unspecified atom stereocenters. The van der Waals surface area contributed by atoms with Crippen molar-refractivity contribution in [3.63, 3.8) is 0 Å². The molecule has 2 aromatic heterocycles. The zero-order valence-electron chi connectivity index (χ0n) is 14.6. The number of amides is 1. The highest BCUT2D eigenvalue weighted by molar-refractivity contribution is 5.79. The molecule has 4 rings (SSSR count). The summed E-state index contributed by atoms with van der Waals surface area (Å²) >= 11 is 0. The van der Waals surface area contributed by atoms with Gasteiger partial charge in [0.15, 0.2) is 0 Å². The van der Waals surface area contributed by atoms with Gasteiger partial charge in [-0.05, 0) is 36.2 Å². The topological polar surface area (TPSA) is 112 Å². The molecule has 0 saturated heterocycles. The lowest BCUT2D eigenvalue weighted by Crippen LogP contribution is -2.37. The molecule has 1 aliphatic rings. The summed E-state index contributed by atoms with van der Waals surface area (Å²) in [6.07, 6.45) is 3.76. The van der Waals surface area contributed by atoms with Gasteiger partial charge in [0, 0.05) is 12.4 Å². The Kier molecular flexibility index (Phi) is 4.65. The van der Waals surface area contributed by atoms with Gasteiger partial charge in [-0.15, -0.1) is 0 Å². The zero-order chi connectivity index (χ0) is 18.6. The lowest BCUT2D eigenvalue weighted by atomic mass is 9.96. The highest BCUT2D eigenvalue weighted by Crippen LogP contribution is 2.30. The SMILES string of the molecule is COc1ccc2c(c1)CC(C(=O)NCc1nc(-c3ncccn3)no1)CO2. The van der Waals surface area contributed by atoms with E-state index in [2.05, 4.69) is 25.4 Å². The van der Waals surface area contributed by atoms with E-state index in [-0.39, 0.29) is 30.1 Å². The minimum Gasteiger partial charge on any atom is -0.497 e. The molecule has 0 bridgehead atoms. The number of carbonyl (C=O) groups excluding carboxylic acids is 1. The van der Waals surface area contributed by atoms with Crippen molar-refractivity contribution in [2.24, 2.45) is 5.92 Å². The quantitative estimate of drug-likeness (QED) is 0.720. The third-order valence-electron chi connectivity index (χ3n) is 4.19. The molecule has 1 aliphatic heterocycles. The Hall–Kier alpha value is -3.49. The van der Waals surface area contributed by atoms with Crippen molar-refractivity contribution in [1.29, 1.82) is 0 Å². The van der Waals surface area contributed by atoms with Gasteiger partial charge in [0.2, 0.25) is 23.4 Å². The fourth-order valence-corrected chi connectivity index (χ4v) is 2.81. The van der Waals surface area contributed by atoms with E-state index in [1.54, 1.807) is 25.6 Å². The van der Waals surface area contributed by atoms with Crippen molar-refractivity contribution in [2.45, 2.75) is 13.0 Å². The van der Waals surface area contributed by atoms with Gasteiger partial charge in [0.25, 0.3) is 0 Å². The lowest BCUT2D eigenvalue weighted by Gasteiger charge is -2.24. The van der Waals surface area contributed by atoms with Crippen molar-refractivity contribution in [3.05, 3.63) is 48.1 Å². The van der Waals surface area contributed by atoms with Gasteiger partial charge in [-0.3, -0.25) is 4.79 Å². The van der Waals surface area contributed by atoms with E-state index < -0.39 is 0 Å². The largest absolute Gasteiger partial charge is 0.497 e. The zero-order valence-corrected chi connectivity index (χ0v) is 14.6. The number of methoxy groups -OCH3 is 1. The standard InChI is InChI=1S/C18H17N5O4/c1-25-13-3-4-14-11(8-13)7-12(10-26-14)18(24)21-9-15-22-17(23-27-15)16-19-5-2-6-20-16/h2-6,8,12H,7,9-10H2,1H3,(H,21,24). The maximum atomic E-state index is 12.5. The van der Waals surface area contributed by atoms with Crippen LogP contribution in [0, 0.1) is 5.92 Å². The molecule has 0 radical (unpaired) electrons. The van der Waals surface area contributed by atoms with Crippen LogP contribution < -0.4 is 14.8 Å². The Bertz CT molecular complexity index is 944. The summed E-state index contributed by atoms with van der Waals surface area (Å²) in [5.41, 5.74) is 0.946. The molecule has 0 saturated carbocycles. The molecule has 27 heavy (non-hydrogen) atoms. The average molecular weight is 367 g/mol. The Labute approximate surface area is 154 Å². The fraction of sp³-hybridized carbons (Fsp3) is 0.278. The van der Waals surface area contributed by atoms with Gasteiger partial charge >= 0.3 is 0 Å². The van der Waals surface area contributed by atoms with Crippen LogP contribution >= 0.6 is 0 Å². The van der Waals surface area contributed by atoms with Crippen LogP contribution in [0.15, 0.2) is 41.2 Å². The minimum atomic E-state index is -0.301. The van der Waals surface area contributed by atoms with E-state index >= 15 is 0 Å². The molecule has 3 heterocycles. The third kappa shape index (κ3) is 3.71. The number of fused-ring (bicyclic) bond motifs is 1. The molecule has 0 spiro atoms. The molecule has 9 heteroatoms. The first-order valence-corrected chi connectivity index (χ1v) is 8.40. The molecule has 9 nitrogen and oxygen atoms in total. The summed E-state index contributed by atoms with van der Waals surface area (Å²) in [6.45, 7) is 0.443. The molecule has 0 aliphatic carbocycles. The summed E-state index contributed by atoms with van der Waals surface area (Å²) in [5, 5.41) is 6.63. The van der Waals surface area contributed by atoms with E-state index in [1.807, 2.05) is 18.2 Å². The van der Waals surface area contributed by atoms with E-state index in [9.17, 15) is 4.79 Å². The van der Waals surface area contributed by atoms with Gasteiger partial charge in [-0.25, -0.2) is 9.97 Å². The van der Waals surface area contributed by atoms with Crippen molar-refractivity contribution in [1.82, 2.24) is 25.4 Å². The number of nitrogens with zero attached hydrogens (tertiary/aromatic N) is 4. The molecule has 1 amide bonds. The van der Waals surface area contributed by atoms with Crippen LogP contribution in [0.25, 0.3) is 11.6 Å². The van der Waals surface area contributed by atoms with Crippen LogP contribution in [-0.2, 0) is 17.8 Å². The molecule has 1 aromatic carbocycles. The van der Waals surface area contributed by atoms with Gasteiger partial charge in [0.05, 0.1) is 19.6 Å². The predicted octanol–water partition coefficient (Wildman–Crippen LogP) is 1.40. The molecule has 138 valence electrons. The fourth-order valence-electron chi connectivity index (χ4n) is 2.81. The van der Waals surface area contributed by atoms with Crippen molar-refractivity contribution >= 4 is 5.91 Å². The van der Waals surface area contributed by atoms with Crippen molar-refractivity contribution in [3.8, 4) is 23.1 Å². The second-order valence-corrected chi connectivity index (χ2v) is 5.99. The smallest absolute Gasteiger partial charge is 0.246 e. The Morgan fingerprint density at radius 3 is 2.96 bits per heavy atom. The predicted molar refractivity (Wildman–Crippen MR) is 92.9 cm³/mol. The van der Waals surface area contributed by atoms with Gasteiger partial charge in [-0.2, -0.15) is 4.98 Å². The van der Waals surface area contributed by atoms with E-state index in [0.29, 0.717) is 18.9 Å². The first-order chi connectivity index (χ1) is 13.2. The molecular formula is C18H17N5O4. The highest BCUT2D eigenvalue weighted by atomic mass is 16.5. The number of nitrogens with one attached hydrogen (secondary N) is 1. The Morgan fingerprint density at radius 2 is 2.15 bits per heavy atom. The monoisotopic (exact) mass is 367 g/mol. The number of aromatic nitrogens is 4. The average Bonchev–Trinajstić information content (AvgIpc) is 3.21. The minimum absolute atomic E-state index is 0.125. The number of ether oxygens (including phenoxy) is 2. The molecule has 3 aromatic rings. The Balaban J connectivity index is 1.37. The Morgan fingerprint density at radius 1 is 1.30 bits per heavy atom. The molecule has 0 fully saturated rings.